The van der Waals surface area contributed by atoms with E-state index in [-0.39, 0.29) is 0 Å². The summed E-state index contributed by atoms with van der Waals surface area (Å²) in [5, 5.41) is 0. The number of methoxy groups -OCH3 is 2. The fraction of sp³-hybridized carbons (Fsp3) is 0.250. The zero-order valence-electron chi connectivity index (χ0n) is 12.6. The fourth-order valence-corrected chi connectivity index (χ4v) is 2.50. The second-order valence-electron chi connectivity index (χ2n) is 4.79. The van der Waals surface area contributed by atoms with E-state index >= 15 is 0 Å². The third-order valence-corrected chi connectivity index (χ3v) is 3.50. The first kappa shape index (κ1) is 14.3. The third kappa shape index (κ3) is 2.37. The SMILES string of the molecule is COc1cc2nc(-c3ccccn3)n(CCN)c2cc1OC. The summed E-state index contributed by atoms with van der Waals surface area (Å²) in [6.45, 7) is 1.16. The number of fused-ring (bicyclic) bond motifs is 1. The number of ether oxygens (including phenoxy) is 2. The highest BCUT2D eigenvalue weighted by Gasteiger charge is 2.16. The van der Waals surface area contributed by atoms with E-state index in [0.29, 0.717) is 24.6 Å². The van der Waals surface area contributed by atoms with Gasteiger partial charge in [0.1, 0.15) is 5.69 Å². The summed E-state index contributed by atoms with van der Waals surface area (Å²) in [5.41, 5.74) is 8.34. The normalized spacial score (nSPS) is 10.9. The van der Waals surface area contributed by atoms with Gasteiger partial charge in [0.2, 0.25) is 0 Å². The van der Waals surface area contributed by atoms with Crippen LogP contribution in [0.15, 0.2) is 36.5 Å². The Hall–Kier alpha value is -2.60. The first-order chi connectivity index (χ1) is 10.8. The van der Waals surface area contributed by atoms with Crippen LogP contribution in [0.5, 0.6) is 11.5 Å². The highest BCUT2D eigenvalue weighted by molar-refractivity contribution is 5.83. The lowest BCUT2D eigenvalue weighted by molar-refractivity contribution is 0.355. The molecule has 2 N–H and O–H groups in total. The lowest BCUT2D eigenvalue weighted by Crippen LogP contribution is -2.11. The van der Waals surface area contributed by atoms with Crippen LogP contribution in [0.1, 0.15) is 0 Å². The lowest BCUT2D eigenvalue weighted by atomic mass is 10.2. The second-order valence-corrected chi connectivity index (χ2v) is 4.79. The monoisotopic (exact) mass is 298 g/mol. The van der Waals surface area contributed by atoms with E-state index in [1.165, 1.54) is 0 Å². The summed E-state index contributed by atoms with van der Waals surface area (Å²) >= 11 is 0. The molecule has 114 valence electrons. The van der Waals surface area contributed by atoms with Crippen molar-refractivity contribution in [3.8, 4) is 23.0 Å². The van der Waals surface area contributed by atoms with Crippen molar-refractivity contribution in [1.29, 1.82) is 0 Å². The summed E-state index contributed by atoms with van der Waals surface area (Å²) in [4.78, 5) is 9.08. The van der Waals surface area contributed by atoms with Crippen LogP contribution in [0, 0.1) is 0 Å². The van der Waals surface area contributed by atoms with Gasteiger partial charge in [0.25, 0.3) is 0 Å². The maximum Gasteiger partial charge on any atom is 0.163 e. The molecule has 0 amide bonds. The number of benzene rings is 1. The Kier molecular flexibility index (Phi) is 3.93. The summed E-state index contributed by atoms with van der Waals surface area (Å²) in [5.74, 6) is 2.11. The molecule has 0 aliphatic rings. The van der Waals surface area contributed by atoms with Gasteiger partial charge in [-0.3, -0.25) is 4.98 Å². The molecule has 6 heteroatoms. The Morgan fingerprint density at radius 2 is 1.91 bits per heavy atom. The zero-order valence-corrected chi connectivity index (χ0v) is 12.6. The third-order valence-electron chi connectivity index (χ3n) is 3.50. The average molecular weight is 298 g/mol. The molecule has 0 fully saturated rings. The number of nitrogens with two attached hydrogens (primary N) is 1. The van der Waals surface area contributed by atoms with Gasteiger partial charge in [-0.1, -0.05) is 6.07 Å². The van der Waals surface area contributed by atoms with Crippen LogP contribution in [0.25, 0.3) is 22.6 Å². The van der Waals surface area contributed by atoms with Crippen LogP contribution >= 0.6 is 0 Å². The van der Waals surface area contributed by atoms with Crippen molar-refractivity contribution in [2.45, 2.75) is 6.54 Å². The van der Waals surface area contributed by atoms with Gasteiger partial charge in [-0.25, -0.2) is 4.98 Å². The van der Waals surface area contributed by atoms with Gasteiger partial charge in [-0.15, -0.1) is 0 Å². The van der Waals surface area contributed by atoms with Crippen molar-refractivity contribution in [3.63, 3.8) is 0 Å². The van der Waals surface area contributed by atoms with Crippen molar-refractivity contribution in [1.82, 2.24) is 14.5 Å². The Morgan fingerprint density at radius 1 is 1.14 bits per heavy atom. The topological polar surface area (TPSA) is 75.2 Å². The molecule has 22 heavy (non-hydrogen) atoms. The highest BCUT2D eigenvalue weighted by Crippen LogP contribution is 2.34. The van der Waals surface area contributed by atoms with E-state index in [9.17, 15) is 0 Å². The molecular weight excluding hydrogens is 280 g/mol. The number of hydrogen-bond acceptors (Lipinski definition) is 5. The van der Waals surface area contributed by atoms with Crippen LogP contribution < -0.4 is 15.2 Å². The van der Waals surface area contributed by atoms with Gasteiger partial charge in [0.05, 0.1) is 25.3 Å². The number of rotatable bonds is 5. The van der Waals surface area contributed by atoms with E-state index in [0.717, 1.165) is 22.6 Å². The molecule has 0 aliphatic carbocycles. The van der Waals surface area contributed by atoms with Crippen LogP contribution in [-0.2, 0) is 6.54 Å². The van der Waals surface area contributed by atoms with Crippen molar-refractivity contribution < 1.29 is 9.47 Å². The minimum atomic E-state index is 0.514. The Bertz CT molecular complexity index is 784. The van der Waals surface area contributed by atoms with E-state index in [1.54, 1.807) is 20.4 Å². The van der Waals surface area contributed by atoms with E-state index in [2.05, 4.69) is 9.55 Å². The molecule has 0 saturated heterocycles. The van der Waals surface area contributed by atoms with Crippen molar-refractivity contribution in [2.24, 2.45) is 5.73 Å². The van der Waals surface area contributed by atoms with Crippen molar-refractivity contribution in [2.75, 3.05) is 20.8 Å². The molecule has 0 radical (unpaired) electrons. The molecule has 0 saturated carbocycles. The quantitative estimate of drug-likeness (QED) is 0.780. The van der Waals surface area contributed by atoms with Gasteiger partial charge in [-0.2, -0.15) is 0 Å². The highest BCUT2D eigenvalue weighted by atomic mass is 16.5. The van der Waals surface area contributed by atoms with Crippen molar-refractivity contribution >= 4 is 11.0 Å². The number of imidazole rings is 1. The Balaban J connectivity index is 2.26. The minimum Gasteiger partial charge on any atom is -0.493 e. The first-order valence-corrected chi connectivity index (χ1v) is 7.02. The molecule has 0 aliphatic heterocycles. The second kappa shape index (κ2) is 6.03. The summed E-state index contributed by atoms with van der Waals surface area (Å²) < 4.78 is 12.8. The molecule has 1 aromatic carbocycles. The smallest absolute Gasteiger partial charge is 0.163 e. The molecule has 0 atom stereocenters. The summed E-state index contributed by atoms with van der Waals surface area (Å²) in [6, 6.07) is 9.54. The lowest BCUT2D eigenvalue weighted by Gasteiger charge is -2.09. The van der Waals surface area contributed by atoms with E-state index in [4.69, 9.17) is 20.2 Å². The van der Waals surface area contributed by atoms with Crippen LogP contribution in [0.2, 0.25) is 0 Å². The molecule has 3 rings (SSSR count). The number of hydrogen-bond donors (Lipinski definition) is 1. The van der Waals surface area contributed by atoms with Gasteiger partial charge >= 0.3 is 0 Å². The molecule has 6 nitrogen and oxygen atoms in total. The number of nitrogens with zero attached hydrogens (tertiary/aromatic N) is 3. The number of pyridine rings is 1. The predicted octanol–water partition coefficient (Wildman–Crippen LogP) is 2.07. The van der Waals surface area contributed by atoms with Crippen molar-refractivity contribution in [3.05, 3.63) is 36.5 Å². The molecule has 0 spiro atoms. The standard InChI is InChI=1S/C16H18N4O2/c1-21-14-9-12-13(10-15(14)22-2)20(8-6-17)16(19-12)11-5-3-4-7-18-11/h3-5,7,9-10H,6,8,17H2,1-2H3. The molecule has 0 unspecified atom stereocenters. The van der Waals surface area contributed by atoms with Gasteiger partial charge in [0.15, 0.2) is 17.3 Å². The largest absolute Gasteiger partial charge is 0.493 e. The Morgan fingerprint density at radius 3 is 2.55 bits per heavy atom. The van der Waals surface area contributed by atoms with Gasteiger partial charge < -0.3 is 19.8 Å². The molecule has 3 aromatic rings. The van der Waals surface area contributed by atoms with Crippen LogP contribution in [0.4, 0.5) is 0 Å². The average Bonchev–Trinajstić information content (AvgIpc) is 2.92. The molecular formula is C16H18N4O2. The Labute approximate surface area is 128 Å². The van der Waals surface area contributed by atoms with E-state index in [1.807, 2.05) is 30.3 Å². The van der Waals surface area contributed by atoms with Crippen LogP contribution in [-0.4, -0.2) is 35.3 Å². The van der Waals surface area contributed by atoms with Gasteiger partial charge in [-0.05, 0) is 12.1 Å². The fourth-order valence-electron chi connectivity index (χ4n) is 2.50. The maximum atomic E-state index is 5.76. The number of aromatic nitrogens is 3. The van der Waals surface area contributed by atoms with Gasteiger partial charge in [0, 0.05) is 31.4 Å². The maximum absolute atomic E-state index is 5.76. The zero-order chi connectivity index (χ0) is 15.5. The molecule has 2 aromatic heterocycles. The summed E-state index contributed by atoms with van der Waals surface area (Å²) in [6.07, 6.45) is 1.75. The molecule has 0 bridgehead atoms. The predicted molar refractivity (Wildman–Crippen MR) is 85.1 cm³/mol. The van der Waals surface area contributed by atoms with Crippen LogP contribution in [0.3, 0.4) is 0 Å². The summed E-state index contributed by atoms with van der Waals surface area (Å²) in [7, 11) is 3.23. The first-order valence-electron chi connectivity index (χ1n) is 7.02. The minimum absolute atomic E-state index is 0.514. The molecule has 2 heterocycles. The van der Waals surface area contributed by atoms with E-state index < -0.39 is 0 Å².